The number of nitrogens with one attached hydrogen (secondary N) is 1. The summed E-state index contributed by atoms with van der Waals surface area (Å²) in [5.74, 6) is 0.518. The second kappa shape index (κ2) is 6.59. The van der Waals surface area contributed by atoms with Crippen molar-refractivity contribution < 1.29 is 26.3 Å². The van der Waals surface area contributed by atoms with Gasteiger partial charge in [-0.3, -0.25) is 4.72 Å². The number of anilines is 1. The smallest absolute Gasteiger partial charge is 0.418 e. The molecule has 4 nitrogen and oxygen atoms in total. The zero-order chi connectivity index (χ0) is 19.0. The van der Waals surface area contributed by atoms with E-state index in [0.29, 0.717) is 22.4 Å². The minimum atomic E-state index is -4.67. The lowest BCUT2D eigenvalue weighted by atomic mass is 10.1. The molecule has 0 amide bonds. The van der Waals surface area contributed by atoms with Gasteiger partial charge < -0.3 is 4.74 Å². The fraction of sp³-hybridized carbons (Fsp3) is 0.294. The highest BCUT2D eigenvalue weighted by Gasteiger charge is 2.34. The summed E-state index contributed by atoms with van der Waals surface area (Å²) in [6.45, 7) is 4.85. The van der Waals surface area contributed by atoms with Gasteiger partial charge in [-0.05, 0) is 55.7 Å². The van der Waals surface area contributed by atoms with Crippen molar-refractivity contribution in [2.24, 2.45) is 0 Å². The number of para-hydroxylation sites is 1. The van der Waals surface area contributed by atoms with E-state index in [-0.39, 0.29) is 4.90 Å². The van der Waals surface area contributed by atoms with Crippen LogP contribution in [0.3, 0.4) is 0 Å². The highest BCUT2D eigenvalue weighted by Crippen LogP contribution is 2.37. The normalized spacial score (nSPS) is 12.1. The molecule has 0 heterocycles. The van der Waals surface area contributed by atoms with Crippen molar-refractivity contribution in [1.82, 2.24) is 0 Å². The highest BCUT2D eigenvalue weighted by atomic mass is 32.2. The van der Waals surface area contributed by atoms with Crippen LogP contribution in [0.4, 0.5) is 18.9 Å². The first-order valence-electron chi connectivity index (χ1n) is 7.33. The Balaban J connectivity index is 2.58. The molecule has 0 atom stereocenters. The van der Waals surface area contributed by atoms with E-state index in [1.807, 2.05) is 0 Å². The molecule has 0 saturated carbocycles. The highest BCUT2D eigenvalue weighted by molar-refractivity contribution is 7.92. The van der Waals surface area contributed by atoms with E-state index in [1.54, 1.807) is 26.8 Å². The molecular weight excluding hydrogens is 355 g/mol. The van der Waals surface area contributed by atoms with Crippen LogP contribution >= 0.6 is 0 Å². The lowest BCUT2D eigenvalue weighted by Gasteiger charge is -2.19. The fourth-order valence-electron chi connectivity index (χ4n) is 2.66. The minimum absolute atomic E-state index is 0.0530. The zero-order valence-corrected chi connectivity index (χ0v) is 15.0. The maximum Gasteiger partial charge on any atom is 0.418 e. The van der Waals surface area contributed by atoms with Gasteiger partial charge in [0.1, 0.15) is 5.75 Å². The molecule has 136 valence electrons. The van der Waals surface area contributed by atoms with Gasteiger partial charge in [0.05, 0.1) is 23.3 Å². The summed E-state index contributed by atoms with van der Waals surface area (Å²) in [6, 6.07) is 6.01. The molecule has 2 aromatic rings. The fourth-order valence-corrected chi connectivity index (χ4v) is 4.27. The SMILES string of the molecule is COc1cc(C)c(S(=O)(=O)Nc2ccccc2C(F)(F)F)c(C)c1C. The van der Waals surface area contributed by atoms with Crippen LogP contribution in [0.2, 0.25) is 0 Å². The van der Waals surface area contributed by atoms with E-state index < -0.39 is 27.5 Å². The van der Waals surface area contributed by atoms with E-state index in [0.717, 1.165) is 12.1 Å². The van der Waals surface area contributed by atoms with E-state index in [2.05, 4.69) is 4.72 Å². The average molecular weight is 373 g/mol. The van der Waals surface area contributed by atoms with Crippen LogP contribution in [0.5, 0.6) is 5.75 Å². The van der Waals surface area contributed by atoms with Crippen LogP contribution in [0, 0.1) is 20.8 Å². The third kappa shape index (κ3) is 3.73. The molecule has 2 aromatic carbocycles. The third-order valence-corrected chi connectivity index (χ3v) is 5.60. The van der Waals surface area contributed by atoms with Crippen molar-refractivity contribution in [3.05, 3.63) is 52.6 Å². The molecule has 0 saturated heterocycles. The Bertz CT molecular complexity index is 906. The minimum Gasteiger partial charge on any atom is -0.496 e. The van der Waals surface area contributed by atoms with Crippen molar-refractivity contribution in [1.29, 1.82) is 0 Å². The van der Waals surface area contributed by atoms with Gasteiger partial charge in [0.2, 0.25) is 0 Å². The number of aryl methyl sites for hydroxylation is 1. The van der Waals surface area contributed by atoms with Crippen molar-refractivity contribution >= 4 is 15.7 Å². The molecule has 0 aliphatic carbocycles. The first-order chi connectivity index (χ1) is 11.5. The number of methoxy groups -OCH3 is 1. The Morgan fingerprint density at radius 3 is 2.20 bits per heavy atom. The van der Waals surface area contributed by atoms with Crippen LogP contribution < -0.4 is 9.46 Å². The summed E-state index contributed by atoms with van der Waals surface area (Å²) >= 11 is 0. The molecule has 0 aliphatic heterocycles. The lowest BCUT2D eigenvalue weighted by molar-refractivity contribution is -0.136. The number of alkyl halides is 3. The first kappa shape index (κ1) is 19.1. The Morgan fingerprint density at radius 2 is 1.64 bits per heavy atom. The van der Waals surface area contributed by atoms with Gasteiger partial charge in [-0.15, -0.1) is 0 Å². The quantitative estimate of drug-likeness (QED) is 0.862. The lowest BCUT2D eigenvalue weighted by Crippen LogP contribution is -2.19. The van der Waals surface area contributed by atoms with Crippen LogP contribution in [0.25, 0.3) is 0 Å². The number of hydrogen-bond acceptors (Lipinski definition) is 3. The van der Waals surface area contributed by atoms with E-state index in [4.69, 9.17) is 4.74 Å². The topological polar surface area (TPSA) is 55.4 Å². The van der Waals surface area contributed by atoms with Gasteiger partial charge in [-0.2, -0.15) is 13.2 Å². The number of benzene rings is 2. The third-order valence-electron chi connectivity index (χ3n) is 3.94. The van der Waals surface area contributed by atoms with Crippen LogP contribution in [0.15, 0.2) is 35.2 Å². The summed E-state index contributed by atoms with van der Waals surface area (Å²) < 4.78 is 72.1. The predicted molar refractivity (Wildman–Crippen MR) is 89.5 cm³/mol. The molecule has 0 unspecified atom stereocenters. The summed E-state index contributed by atoms with van der Waals surface area (Å²) in [6.07, 6.45) is -4.67. The number of rotatable bonds is 4. The van der Waals surface area contributed by atoms with Crippen LogP contribution in [-0.2, 0) is 16.2 Å². The van der Waals surface area contributed by atoms with E-state index in [9.17, 15) is 21.6 Å². The van der Waals surface area contributed by atoms with Gasteiger partial charge >= 0.3 is 6.18 Å². The molecule has 0 aromatic heterocycles. The Kier molecular flexibility index (Phi) is 5.04. The molecule has 0 aliphatic rings. The maximum absolute atomic E-state index is 13.1. The van der Waals surface area contributed by atoms with Crippen molar-refractivity contribution in [3.8, 4) is 5.75 Å². The molecule has 2 rings (SSSR count). The number of sulfonamides is 1. The van der Waals surface area contributed by atoms with E-state index in [1.165, 1.54) is 19.2 Å². The summed E-state index contributed by atoms with van der Waals surface area (Å²) in [5.41, 5.74) is -0.134. The van der Waals surface area contributed by atoms with Gasteiger partial charge in [-0.25, -0.2) is 8.42 Å². The van der Waals surface area contributed by atoms with Crippen molar-refractivity contribution in [2.45, 2.75) is 31.8 Å². The Morgan fingerprint density at radius 1 is 1.04 bits per heavy atom. The first-order valence-corrected chi connectivity index (χ1v) is 8.81. The maximum atomic E-state index is 13.1. The summed E-state index contributed by atoms with van der Waals surface area (Å²) in [4.78, 5) is -0.0530. The molecular formula is C17H18F3NO3S. The molecule has 0 bridgehead atoms. The summed E-state index contributed by atoms with van der Waals surface area (Å²) in [5, 5.41) is 0. The number of hydrogen-bond donors (Lipinski definition) is 1. The van der Waals surface area contributed by atoms with Gasteiger partial charge in [0.15, 0.2) is 0 Å². The summed E-state index contributed by atoms with van der Waals surface area (Å²) in [7, 11) is -2.74. The molecule has 1 N–H and O–H groups in total. The second-order valence-electron chi connectivity index (χ2n) is 5.62. The molecule has 25 heavy (non-hydrogen) atoms. The van der Waals surface area contributed by atoms with E-state index >= 15 is 0 Å². The average Bonchev–Trinajstić information content (AvgIpc) is 2.49. The van der Waals surface area contributed by atoms with Crippen LogP contribution in [-0.4, -0.2) is 15.5 Å². The zero-order valence-electron chi connectivity index (χ0n) is 14.2. The second-order valence-corrected chi connectivity index (χ2v) is 7.24. The van der Waals surface area contributed by atoms with Crippen LogP contribution in [0.1, 0.15) is 22.3 Å². The predicted octanol–water partition coefficient (Wildman–Crippen LogP) is 4.44. The Labute approximate surface area is 144 Å². The Hall–Kier alpha value is -2.22. The van der Waals surface area contributed by atoms with Gasteiger partial charge in [-0.1, -0.05) is 12.1 Å². The van der Waals surface area contributed by atoms with Gasteiger partial charge in [0.25, 0.3) is 10.0 Å². The largest absolute Gasteiger partial charge is 0.496 e. The standard InChI is InChI=1S/C17H18F3NO3S/c1-10-9-15(24-4)11(2)12(3)16(10)25(22,23)21-14-8-6-5-7-13(14)17(18,19)20/h5-9,21H,1-4H3. The molecule has 0 spiro atoms. The molecule has 0 radical (unpaired) electrons. The number of ether oxygens (including phenoxy) is 1. The monoisotopic (exact) mass is 373 g/mol. The molecule has 8 heteroatoms. The molecule has 0 fully saturated rings. The number of halogens is 3. The van der Waals surface area contributed by atoms with Gasteiger partial charge in [0, 0.05) is 0 Å². The van der Waals surface area contributed by atoms with Crippen molar-refractivity contribution in [2.75, 3.05) is 11.8 Å². The van der Waals surface area contributed by atoms with Crippen molar-refractivity contribution in [3.63, 3.8) is 0 Å².